The van der Waals surface area contributed by atoms with Crippen LogP contribution in [0.2, 0.25) is 0 Å². The summed E-state index contributed by atoms with van der Waals surface area (Å²) >= 11 is 0. The molecule has 0 aliphatic rings. The van der Waals surface area contributed by atoms with E-state index >= 15 is 0 Å². The van der Waals surface area contributed by atoms with Crippen molar-refractivity contribution in [3.63, 3.8) is 0 Å². The number of para-hydroxylation sites is 1. The van der Waals surface area contributed by atoms with Crippen molar-refractivity contribution in [1.82, 2.24) is 5.43 Å². The van der Waals surface area contributed by atoms with Crippen LogP contribution in [0, 0.1) is 10.1 Å². The average Bonchev–Trinajstić information content (AvgIpc) is 2.73. The van der Waals surface area contributed by atoms with Crippen molar-refractivity contribution in [2.24, 2.45) is 5.10 Å². The molecule has 0 unspecified atom stereocenters. The minimum absolute atomic E-state index is 0.119. The number of non-ortho nitro benzene ring substituents is 1. The van der Waals surface area contributed by atoms with Crippen molar-refractivity contribution >= 4 is 23.6 Å². The van der Waals surface area contributed by atoms with E-state index in [0.717, 1.165) is 31.9 Å². The predicted octanol–water partition coefficient (Wildman–Crippen LogP) is 4.15. The molecule has 0 fully saturated rings. The SMILES string of the molecule is CCCCCCOc1ccccc1C(=O)/C=N/NC(=O)c1ccc([N+](=O)[O-])cc1. The van der Waals surface area contributed by atoms with Crippen molar-refractivity contribution in [1.29, 1.82) is 0 Å². The summed E-state index contributed by atoms with van der Waals surface area (Å²) in [6, 6.07) is 11.9. The van der Waals surface area contributed by atoms with Gasteiger partial charge >= 0.3 is 0 Å². The minimum Gasteiger partial charge on any atom is -0.493 e. The number of unbranched alkanes of at least 4 members (excludes halogenated alkanes) is 3. The minimum atomic E-state index is -0.579. The second-order valence-electron chi connectivity index (χ2n) is 6.27. The van der Waals surface area contributed by atoms with Crippen molar-refractivity contribution in [3.05, 3.63) is 69.8 Å². The Bertz CT molecular complexity index is 878. The number of amides is 1. The van der Waals surface area contributed by atoms with Gasteiger partial charge in [0.1, 0.15) is 5.75 Å². The predicted molar refractivity (Wildman–Crippen MR) is 109 cm³/mol. The number of carbonyl (C=O) groups is 2. The molecule has 2 aromatic rings. The monoisotopic (exact) mass is 397 g/mol. The third-order valence-electron chi connectivity index (χ3n) is 4.10. The van der Waals surface area contributed by atoms with Crippen LogP contribution in [0.1, 0.15) is 53.3 Å². The van der Waals surface area contributed by atoms with Crippen LogP contribution in [-0.4, -0.2) is 29.4 Å². The molecule has 8 nitrogen and oxygen atoms in total. The summed E-state index contributed by atoms with van der Waals surface area (Å²) in [6.45, 7) is 2.66. The quantitative estimate of drug-likeness (QED) is 0.201. The lowest BCUT2D eigenvalue weighted by Gasteiger charge is -2.09. The van der Waals surface area contributed by atoms with Crippen LogP contribution in [0.3, 0.4) is 0 Å². The van der Waals surface area contributed by atoms with Crippen LogP contribution in [0.5, 0.6) is 5.75 Å². The fraction of sp³-hybridized carbons (Fsp3) is 0.286. The van der Waals surface area contributed by atoms with E-state index in [1.54, 1.807) is 24.3 Å². The normalized spacial score (nSPS) is 10.7. The average molecular weight is 397 g/mol. The Labute approximate surface area is 168 Å². The molecular formula is C21H23N3O5. The largest absolute Gasteiger partial charge is 0.493 e. The van der Waals surface area contributed by atoms with Crippen LogP contribution >= 0.6 is 0 Å². The fourth-order valence-electron chi connectivity index (χ4n) is 2.53. The molecule has 0 bridgehead atoms. The van der Waals surface area contributed by atoms with Crippen molar-refractivity contribution in [3.8, 4) is 5.75 Å². The molecule has 8 heteroatoms. The van der Waals surface area contributed by atoms with E-state index in [1.807, 2.05) is 0 Å². The van der Waals surface area contributed by atoms with Crippen LogP contribution in [-0.2, 0) is 0 Å². The van der Waals surface area contributed by atoms with Gasteiger partial charge in [0.2, 0.25) is 5.78 Å². The molecule has 0 radical (unpaired) electrons. The molecule has 0 spiro atoms. The number of benzene rings is 2. The highest BCUT2D eigenvalue weighted by Crippen LogP contribution is 2.18. The van der Waals surface area contributed by atoms with Gasteiger partial charge in [0.25, 0.3) is 11.6 Å². The zero-order valence-corrected chi connectivity index (χ0v) is 16.2. The zero-order valence-electron chi connectivity index (χ0n) is 16.2. The molecule has 2 rings (SSSR count). The molecule has 152 valence electrons. The topological polar surface area (TPSA) is 111 Å². The van der Waals surface area contributed by atoms with Crippen LogP contribution in [0.15, 0.2) is 53.6 Å². The molecular weight excluding hydrogens is 374 g/mol. The molecule has 0 aliphatic carbocycles. The van der Waals surface area contributed by atoms with Gasteiger partial charge in [0.15, 0.2) is 0 Å². The number of nitro groups is 1. The van der Waals surface area contributed by atoms with E-state index in [0.29, 0.717) is 17.9 Å². The number of hydrogen-bond acceptors (Lipinski definition) is 6. The Morgan fingerprint density at radius 3 is 2.52 bits per heavy atom. The van der Waals surface area contributed by atoms with Crippen LogP contribution in [0.25, 0.3) is 0 Å². The number of nitrogens with zero attached hydrogens (tertiary/aromatic N) is 2. The molecule has 1 N–H and O–H groups in total. The molecule has 0 saturated heterocycles. The van der Waals surface area contributed by atoms with Gasteiger partial charge in [-0.2, -0.15) is 5.10 Å². The lowest BCUT2D eigenvalue weighted by Crippen LogP contribution is -2.18. The van der Waals surface area contributed by atoms with Crippen LogP contribution in [0.4, 0.5) is 5.69 Å². The van der Waals surface area contributed by atoms with Gasteiger partial charge in [-0.1, -0.05) is 38.3 Å². The highest BCUT2D eigenvalue weighted by Gasteiger charge is 2.11. The number of nitro benzene ring substituents is 1. The number of hydrogen-bond donors (Lipinski definition) is 1. The molecule has 1 amide bonds. The van der Waals surface area contributed by atoms with Gasteiger partial charge in [-0.3, -0.25) is 19.7 Å². The number of ether oxygens (including phenoxy) is 1. The van der Waals surface area contributed by atoms with Crippen LogP contribution < -0.4 is 10.2 Å². The first-order valence-corrected chi connectivity index (χ1v) is 9.37. The smallest absolute Gasteiger partial charge is 0.271 e. The molecule has 0 heterocycles. The Morgan fingerprint density at radius 2 is 1.83 bits per heavy atom. The van der Waals surface area contributed by atoms with E-state index in [2.05, 4.69) is 17.5 Å². The van der Waals surface area contributed by atoms with E-state index < -0.39 is 16.6 Å². The van der Waals surface area contributed by atoms with Crippen molar-refractivity contribution in [2.45, 2.75) is 32.6 Å². The number of hydrazone groups is 1. The summed E-state index contributed by atoms with van der Waals surface area (Å²) in [5, 5.41) is 14.3. The number of nitrogens with one attached hydrogen (secondary N) is 1. The molecule has 0 saturated carbocycles. The van der Waals surface area contributed by atoms with Crippen molar-refractivity contribution < 1.29 is 19.2 Å². The summed E-state index contributed by atoms with van der Waals surface area (Å²) in [5.41, 5.74) is 2.66. The third-order valence-corrected chi connectivity index (χ3v) is 4.10. The molecule has 0 aromatic heterocycles. The first-order valence-electron chi connectivity index (χ1n) is 9.37. The lowest BCUT2D eigenvalue weighted by molar-refractivity contribution is -0.384. The second-order valence-corrected chi connectivity index (χ2v) is 6.27. The summed E-state index contributed by atoms with van der Waals surface area (Å²) in [5.74, 6) is -0.510. The van der Waals surface area contributed by atoms with Gasteiger partial charge < -0.3 is 4.74 Å². The highest BCUT2D eigenvalue weighted by molar-refractivity contribution is 6.36. The second kappa shape index (κ2) is 11.3. The number of Topliss-reactive ketones (excluding diaryl/α,β-unsaturated/α-hetero) is 1. The zero-order chi connectivity index (χ0) is 21.1. The number of carbonyl (C=O) groups excluding carboxylic acids is 2. The maximum Gasteiger partial charge on any atom is 0.271 e. The molecule has 0 atom stereocenters. The summed E-state index contributed by atoms with van der Waals surface area (Å²) in [6.07, 6.45) is 5.27. The molecule has 0 aliphatic heterocycles. The van der Waals surface area contributed by atoms with Gasteiger partial charge in [0, 0.05) is 17.7 Å². The van der Waals surface area contributed by atoms with E-state index in [1.165, 1.54) is 24.3 Å². The Morgan fingerprint density at radius 1 is 1.10 bits per heavy atom. The standard InChI is InChI=1S/C21H23N3O5/c1-2-3-4-7-14-29-20-9-6-5-8-18(20)19(25)15-22-23-21(26)16-10-12-17(13-11-16)24(27)28/h5-6,8-13,15H,2-4,7,14H2,1H3,(H,23,26)/b22-15+. The van der Waals surface area contributed by atoms with E-state index in [4.69, 9.17) is 4.74 Å². The Kier molecular flexibility index (Phi) is 8.50. The van der Waals surface area contributed by atoms with Gasteiger partial charge in [-0.25, -0.2) is 5.43 Å². The van der Waals surface area contributed by atoms with E-state index in [9.17, 15) is 19.7 Å². The van der Waals surface area contributed by atoms with Gasteiger partial charge in [-0.15, -0.1) is 0 Å². The first-order chi connectivity index (χ1) is 14.0. The third kappa shape index (κ3) is 6.84. The maximum absolute atomic E-state index is 12.4. The Balaban J connectivity index is 1.93. The molecule has 2 aromatic carbocycles. The summed E-state index contributed by atoms with van der Waals surface area (Å²) in [4.78, 5) is 34.5. The summed E-state index contributed by atoms with van der Waals surface area (Å²) in [7, 11) is 0. The number of ketones is 1. The van der Waals surface area contributed by atoms with Gasteiger partial charge in [0.05, 0.1) is 23.3 Å². The Hall–Kier alpha value is -3.55. The van der Waals surface area contributed by atoms with Gasteiger partial charge in [-0.05, 0) is 30.7 Å². The fourth-order valence-corrected chi connectivity index (χ4v) is 2.53. The van der Waals surface area contributed by atoms with E-state index in [-0.39, 0.29) is 11.3 Å². The lowest BCUT2D eigenvalue weighted by atomic mass is 10.1. The molecule has 29 heavy (non-hydrogen) atoms. The van der Waals surface area contributed by atoms with Crippen molar-refractivity contribution in [2.75, 3.05) is 6.61 Å². The highest BCUT2D eigenvalue weighted by atomic mass is 16.6. The first kappa shape index (κ1) is 21.7. The summed E-state index contributed by atoms with van der Waals surface area (Å²) < 4.78 is 5.71. The number of rotatable bonds is 11. The maximum atomic E-state index is 12.4.